The minimum atomic E-state index is 0.577. The Morgan fingerprint density at radius 2 is 1.82 bits per heavy atom. The van der Waals surface area contributed by atoms with Crippen LogP contribution in [0.2, 0.25) is 0 Å². The fraction of sp³-hybridized carbons (Fsp3) is 0.316. The number of hydrogen-bond donors (Lipinski definition) is 1. The second kappa shape index (κ2) is 6.22. The van der Waals surface area contributed by atoms with Crippen LogP contribution in [0.15, 0.2) is 48.5 Å². The summed E-state index contributed by atoms with van der Waals surface area (Å²) in [7, 11) is 0. The SMILES string of the molecule is CC(C)Cc1nc2c(N)cccc2n1CCc1ccccc1. The molecular formula is C19H23N3. The molecule has 2 N–H and O–H groups in total. The van der Waals surface area contributed by atoms with Crippen LogP contribution in [0.3, 0.4) is 0 Å². The third-order valence-electron chi connectivity index (χ3n) is 3.95. The molecule has 3 nitrogen and oxygen atoms in total. The fourth-order valence-corrected chi connectivity index (χ4v) is 2.87. The van der Waals surface area contributed by atoms with Crippen LogP contribution in [0, 0.1) is 5.92 Å². The number of aryl methyl sites for hydroxylation is 2. The number of fused-ring (bicyclic) bond motifs is 1. The van der Waals surface area contributed by atoms with Gasteiger partial charge in [-0.2, -0.15) is 0 Å². The van der Waals surface area contributed by atoms with Crippen molar-refractivity contribution >= 4 is 16.7 Å². The molecule has 0 amide bonds. The van der Waals surface area contributed by atoms with E-state index in [1.165, 1.54) is 5.56 Å². The van der Waals surface area contributed by atoms with E-state index >= 15 is 0 Å². The van der Waals surface area contributed by atoms with Crippen LogP contribution in [-0.4, -0.2) is 9.55 Å². The van der Waals surface area contributed by atoms with Crippen molar-refractivity contribution in [2.45, 2.75) is 33.2 Å². The topological polar surface area (TPSA) is 43.8 Å². The lowest BCUT2D eigenvalue weighted by atomic mass is 10.1. The van der Waals surface area contributed by atoms with Gasteiger partial charge < -0.3 is 10.3 Å². The number of benzene rings is 2. The molecule has 3 aromatic rings. The molecule has 0 aliphatic carbocycles. The molecule has 0 unspecified atom stereocenters. The normalized spacial score (nSPS) is 11.4. The van der Waals surface area contributed by atoms with Gasteiger partial charge in [-0.25, -0.2) is 4.98 Å². The van der Waals surface area contributed by atoms with E-state index in [0.29, 0.717) is 5.92 Å². The summed E-state index contributed by atoms with van der Waals surface area (Å²) in [6.45, 7) is 5.39. The lowest BCUT2D eigenvalue weighted by molar-refractivity contribution is 0.578. The van der Waals surface area contributed by atoms with Crippen molar-refractivity contribution < 1.29 is 0 Å². The first-order chi connectivity index (χ1) is 10.6. The highest BCUT2D eigenvalue weighted by molar-refractivity contribution is 5.87. The van der Waals surface area contributed by atoms with Gasteiger partial charge in [-0.1, -0.05) is 50.2 Å². The van der Waals surface area contributed by atoms with Crippen molar-refractivity contribution in [3.05, 3.63) is 59.9 Å². The summed E-state index contributed by atoms with van der Waals surface area (Å²) in [5, 5.41) is 0. The first kappa shape index (κ1) is 14.6. The minimum Gasteiger partial charge on any atom is -0.397 e. The number of anilines is 1. The van der Waals surface area contributed by atoms with Gasteiger partial charge in [-0.3, -0.25) is 0 Å². The molecule has 0 atom stereocenters. The molecule has 2 aromatic carbocycles. The zero-order valence-corrected chi connectivity index (χ0v) is 13.3. The van der Waals surface area contributed by atoms with Crippen molar-refractivity contribution in [3.63, 3.8) is 0 Å². The lowest BCUT2D eigenvalue weighted by Gasteiger charge is -2.11. The van der Waals surface area contributed by atoms with Crippen LogP contribution in [0.25, 0.3) is 11.0 Å². The Kier molecular flexibility index (Phi) is 4.14. The number of rotatable bonds is 5. The molecule has 3 heteroatoms. The van der Waals surface area contributed by atoms with Crippen molar-refractivity contribution in [2.24, 2.45) is 5.92 Å². The standard InChI is InChI=1S/C19H23N3/c1-14(2)13-18-21-19-16(20)9-6-10-17(19)22(18)12-11-15-7-4-3-5-8-15/h3-10,14H,11-13,20H2,1-2H3. The summed E-state index contributed by atoms with van der Waals surface area (Å²) >= 11 is 0. The highest BCUT2D eigenvalue weighted by Crippen LogP contribution is 2.23. The first-order valence-corrected chi connectivity index (χ1v) is 7.92. The number of aromatic nitrogens is 2. The summed E-state index contributed by atoms with van der Waals surface area (Å²) in [5.74, 6) is 1.72. The van der Waals surface area contributed by atoms with Crippen LogP contribution in [0.5, 0.6) is 0 Å². The molecule has 0 saturated heterocycles. The zero-order valence-electron chi connectivity index (χ0n) is 13.3. The van der Waals surface area contributed by atoms with E-state index in [1.807, 2.05) is 12.1 Å². The van der Waals surface area contributed by atoms with E-state index in [1.54, 1.807) is 0 Å². The minimum absolute atomic E-state index is 0.577. The third kappa shape index (κ3) is 2.98. The van der Waals surface area contributed by atoms with Crippen LogP contribution >= 0.6 is 0 Å². The van der Waals surface area contributed by atoms with Crippen molar-refractivity contribution in [1.82, 2.24) is 9.55 Å². The first-order valence-electron chi connectivity index (χ1n) is 7.92. The van der Waals surface area contributed by atoms with E-state index < -0.39 is 0 Å². The van der Waals surface area contributed by atoms with Gasteiger partial charge in [0, 0.05) is 13.0 Å². The van der Waals surface area contributed by atoms with Crippen molar-refractivity contribution in [1.29, 1.82) is 0 Å². The average molecular weight is 293 g/mol. The molecule has 22 heavy (non-hydrogen) atoms. The van der Waals surface area contributed by atoms with Crippen LogP contribution in [0.4, 0.5) is 5.69 Å². The van der Waals surface area contributed by atoms with E-state index in [-0.39, 0.29) is 0 Å². The van der Waals surface area contributed by atoms with Gasteiger partial charge in [0.1, 0.15) is 11.3 Å². The molecule has 0 radical (unpaired) electrons. The van der Waals surface area contributed by atoms with Crippen LogP contribution < -0.4 is 5.73 Å². The monoisotopic (exact) mass is 293 g/mol. The smallest absolute Gasteiger partial charge is 0.112 e. The number of nitrogens with two attached hydrogens (primary N) is 1. The number of nitrogens with zero attached hydrogens (tertiary/aromatic N) is 2. The van der Waals surface area contributed by atoms with Crippen LogP contribution in [-0.2, 0) is 19.4 Å². The predicted octanol–water partition coefficient (Wildman–Crippen LogP) is 4.06. The Labute approximate surface area is 131 Å². The van der Waals surface area contributed by atoms with Gasteiger partial charge in [-0.05, 0) is 30.0 Å². The second-order valence-corrected chi connectivity index (χ2v) is 6.23. The summed E-state index contributed by atoms with van der Waals surface area (Å²) in [4.78, 5) is 4.80. The van der Waals surface area contributed by atoms with E-state index in [2.05, 4.69) is 54.8 Å². The molecule has 0 bridgehead atoms. The highest BCUT2D eigenvalue weighted by atomic mass is 15.1. The van der Waals surface area contributed by atoms with Crippen molar-refractivity contribution in [2.75, 3.05) is 5.73 Å². The zero-order chi connectivity index (χ0) is 15.5. The molecular weight excluding hydrogens is 270 g/mol. The molecule has 0 spiro atoms. The van der Waals surface area contributed by atoms with Gasteiger partial charge >= 0.3 is 0 Å². The maximum atomic E-state index is 6.10. The molecule has 1 heterocycles. The van der Waals surface area contributed by atoms with Gasteiger partial charge in [0.15, 0.2) is 0 Å². The third-order valence-corrected chi connectivity index (χ3v) is 3.95. The molecule has 0 fully saturated rings. The highest BCUT2D eigenvalue weighted by Gasteiger charge is 2.13. The summed E-state index contributed by atoms with van der Waals surface area (Å²) < 4.78 is 2.33. The van der Waals surface area contributed by atoms with Gasteiger partial charge in [0.2, 0.25) is 0 Å². The largest absolute Gasteiger partial charge is 0.397 e. The maximum Gasteiger partial charge on any atom is 0.112 e. The van der Waals surface area contributed by atoms with Crippen LogP contribution in [0.1, 0.15) is 25.2 Å². The summed E-state index contributed by atoms with van der Waals surface area (Å²) in [6.07, 6.45) is 1.98. The molecule has 1 aromatic heterocycles. The van der Waals surface area contributed by atoms with Gasteiger partial charge in [-0.15, -0.1) is 0 Å². The summed E-state index contributed by atoms with van der Waals surface area (Å²) in [5.41, 5.74) is 10.3. The average Bonchev–Trinajstić information content (AvgIpc) is 2.84. The predicted molar refractivity (Wildman–Crippen MR) is 92.8 cm³/mol. The number of imidazole rings is 1. The van der Waals surface area contributed by atoms with E-state index in [9.17, 15) is 0 Å². The molecule has 0 aliphatic rings. The quantitative estimate of drug-likeness (QED) is 0.721. The Morgan fingerprint density at radius 3 is 2.55 bits per heavy atom. The molecule has 0 saturated carbocycles. The lowest BCUT2D eigenvalue weighted by Crippen LogP contribution is -2.08. The Morgan fingerprint density at radius 1 is 1.05 bits per heavy atom. The molecule has 3 rings (SSSR count). The van der Waals surface area contributed by atoms with Gasteiger partial charge in [0.25, 0.3) is 0 Å². The Hall–Kier alpha value is -2.29. The van der Waals surface area contributed by atoms with E-state index in [4.69, 9.17) is 10.7 Å². The maximum absolute atomic E-state index is 6.10. The fourth-order valence-electron chi connectivity index (χ4n) is 2.87. The summed E-state index contributed by atoms with van der Waals surface area (Å²) in [6, 6.07) is 16.6. The molecule has 0 aliphatic heterocycles. The number of nitrogen functional groups attached to an aromatic ring is 1. The number of hydrogen-bond acceptors (Lipinski definition) is 2. The molecule has 114 valence electrons. The van der Waals surface area contributed by atoms with E-state index in [0.717, 1.165) is 41.9 Å². The Bertz CT molecular complexity index is 757. The van der Waals surface area contributed by atoms with Crippen molar-refractivity contribution in [3.8, 4) is 0 Å². The Balaban J connectivity index is 1.96. The second-order valence-electron chi connectivity index (χ2n) is 6.23. The number of para-hydroxylation sites is 1. The van der Waals surface area contributed by atoms with Gasteiger partial charge in [0.05, 0.1) is 11.2 Å².